The molecule has 0 bridgehead atoms. The Morgan fingerprint density at radius 2 is 2.10 bits per heavy atom. The number of aryl methyl sites for hydroxylation is 2. The Kier molecular flexibility index (Phi) is 4.96. The predicted octanol–water partition coefficient (Wildman–Crippen LogP) is 1.98. The normalized spacial score (nSPS) is 15.5. The summed E-state index contributed by atoms with van der Waals surface area (Å²) in [5.41, 5.74) is 3.19. The van der Waals surface area contributed by atoms with Gasteiger partial charge in [0.2, 0.25) is 0 Å². The van der Waals surface area contributed by atoms with Crippen molar-refractivity contribution in [2.45, 2.75) is 13.8 Å². The maximum Gasteiger partial charge on any atom is 0.266 e. The average molecular weight is 285 g/mol. The molecule has 1 aromatic rings. The van der Waals surface area contributed by atoms with Gasteiger partial charge in [0, 0.05) is 25.0 Å². The summed E-state index contributed by atoms with van der Waals surface area (Å²) >= 11 is 0. The van der Waals surface area contributed by atoms with Crippen LogP contribution in [0.15, 0.2) is 30.0 Å². The van der Waals surface area contributed by atoms with Crippen molar-refractivity contribution < 1.29 is 9.53 Å². The third kappa shape index (κ3) is 3.83. The van der Waals surface area contributed by atoms with Gasteiger partial charge in [0.1, 0.15) is 11.6 Å². The van der Waals surface area contributed by atoms with Gasteiger partial charge in [0.05, 0.1) is 13.2 Å². The van der Waals surface area contributed by atoms with Gasteiger partial charge in [-0.15, -0.1) is 0 Å². The molecule has 110 valence electrons. The van der Waals surface area contributed by atoms with E-state index in [2.05, 4.69) is 5.32 Å². The molecule has 0 aliphatic carbocycles. The van der Waals surface area contributed by atoms with Crippen molar-refractivity contribution in [3.05, 3.63) is 41.1 Å². The first-order valence-electron chi connectivity index (χ1n) is 6.93. The van der Waals surface area contributed by atoms with E-state index < -0.39 is 0 Å². The van der Waals surface area contributed by atoms with Crippen molar-refractivity contribution >= 4 is 11.6 Å². The minimum atomic E-state index is -0.251. The average Bonchev–Trinajstić information content (AvgIpc) is 2.51. The highest BCUT2D eigenvalue weighted by atomic mass is 16.5. The highest BCUT2D eigenvalue weighted by Crippen LogP contribution is 2.17. The Morgan fingerprint density at radius 1 is 1.38 bits per heavy atom. The molecule has 5 nitrogen and oxygen atoms in total. The first-order chi connectivity index (χ1) is 10.1. The Hall–Kier alpha value is -2.32. The molecule has 0 spiro atoms. The van der Waals surface area contributed by atoms with Crippen molar-refractivity contribution in [2.24, 2.45) is 0 Å². The molecular formula is C16H19N3O2. The summed E-state index contributed by atoms with van der Waals surface area (Å²) in [5, 5.41) is 12.3. The fourth-order valence-electron chi connectivity index (χ4n) is 2.12. The number of rotatable bonds is 3. The lowest BCUT2D eigenvalue weighted by Crippen LogP contribution is -2.41. The zero-order valence-corrected chi connectivity index (χ0v) is 12.3. The largest absolute Gasteiger partial charge is 0.378 e. The molecular weight excluding hydrogens is 266 g/mol. The molecule has 1 amide bonds. The zero-order valence-electron chi connectivity index (χ0n) is 12.3. The van der Waals surface area contributed by atoms with Crippen LogP contribution in [-0.4, -0.2) is 37.1 Å². The summed E-state index contributed by atoms with van der Waals surface area (Å²) in [4.78, 5) is 13.9. The second kappa shape index (κ2) is 6.91. The van der Waals surface area contributed by atoms with Crippen molar-refractivity contribution in [2.75, 3.05) is 31.6 Å². The first kappa shape index (κ1) is 15.1. The maximum atomic E-state index is 12.2. The molecule has 1 saturated heterocycles. The quantitative estimate of drug-likeness (QED) is 0.681. The van der Waals surface area contributed by atoms with E-state index in [-0.39, 0.29) is 11.5 Å². The molecule has 1 aliphatic heterocycles. The predicted molar refractivity (Wildman–Crippen MR) is 80.6 cm³/mol. The summed E-state index contributed by atoms with van der Waals surface area (Å²) in [6.07, 6.45) is 1.49. The number of carbonyl (C=O) groups is 1. The first-order valence-corrected chi connectivity index (χ1v) is 6.93. The Balaban J connectivity index is 2.11. The number of nitrogens with zero attached hydrogens (tertiary/aromatic N) is 2. The van der Waals surface area contributed by atoms with Crippen molar-refractivity contribution in [1.29, 1.82) is 5.26 Å². The minimum absolute atomic E-state index is 0.109. The van der Waals surface area contributed by atoms with Crippen LogP contribution >= 0.6 is 0 Å². The van der Waals surface area contributed by atoms with E-state index in [0.29, 0.717) is 26.3 Å². The molecule has 0 saturated carbocycles. The molecule has 1 aromatic carbocycles. The van der Waals surface area contributed by atoms with E-state index in [1.807, 2.05) is 38.1 Å². The number of morpholine rings is 1. The highest BCUT2D eigenvalue weighted by Gasteiger charge is 2.20. The molecule has 21 heavy (non-hydrogen) atoms. The number of anilines is 1. The van der Waals surface area contributed by atoms with Crippen LogP contribution in [0.2, 0.25) is 0 Å². The summed E-state index contributed by atoms with van der Waals surface area (Å²) in [6, 6.07) is 7.98. The van der Waals surface area contributed by atoms with Gasteiger partial charge in [-0.2, -0.15) is 5.26 Å². The van der Waals surface area contributed by atoms with Crippen molar-refractivity contribution in [1.82, 2.24) is 4.90 Å². The smallest absolute Gasteiger partial charge is 0.266 e. The van der Waals surface area contributed by atoms with Crippen molar-refractivity contribution in [3.63, 3.8) is 0 Å². The Labute approximate surface area is 124 Å². The van der Waals surface area contributed by atoms with Gasteiger partial charge in [-0.1, -0.05) is 12.1 Å². The highest BCUT2D eigenvalue weighted by molar-refractivity contribution is 5.97. The summed E-state index contributed by atoms with van der Waals surface area (Å²) < 4.78 is 5.21. The number of amides is 1. The summed E-state index contributed by atoms with van der Waals surface area (Å²) in [6.45, 7) is 6.08. The number of hydrogen-bond acceptors (Lipinski definition) is 4. The molecule has 0 unspecified atom stereocenters. The number of hydrogen-bond donors (Lipinski definition) is 1. The minimum Gasteiger partial charge on any atom is -0.378 e. The van der Waals surface area contributed by atoms with E-state index in [1.165, 1.54) is 6.20 Å². The third-order valence-corrected chi connectivity index (χ3v) is 3.41. The molecule has 5 heteroatoms. The molecule has 0 atom stereocenters. The van der Waals surface area contributed by atoms with Crippen LogP contribution in [-0.2, 0) is 9.53 Å². The molecule has 0 radical (unpaired) electrons. The van der Waals surface area contributed by atoms with Crippen LogP contribution in [0.25, 0.3) is 0 Å². The van der Waals surface area contributed by atoms with Crippen molar-refractivity contribution in [3.8, 4) is 6.07 Å². The Morgan fingerprint density at radius 3 is 2.76 bits per heavy atom. The fraction of sp³-hybridized carbons (Fsp3) is 0.375. The van der Waals surface area contributed by atoms with Crippen LogP contribution in [0.3, 0.4) is 0 Å². The molecule has 1 heterocycles. The van der Waals surface area contributed by atoms with Gasteiger partial charge in [0.25, 0.3) is 5.91 Å². The number of carbonyl (C=O) groups excluding carboxylic acids is 1. The van der Waals surface area contributed by atoms with E-state index >= 15 is 0 Å². The van der Waals surface area contributed by atoms with Crippen LogP contribution in [0, 0.1) is 25.2 Å². The monoisotopic (exact) mass is 285 g/mol. The second-order valence-electron chi connectivity index (χ2n) is 5.04. The number of nitriles is 1. The van der Waals surface area contributed by atoms with Gasteiger partial charge in [0.15, 0.2) is 0 Å². The standard InChI is InChI=1S/C16H19N3O2/c1-12-3-4-13(2)15(9-12)18-11-14(10-17)16(20)19-5-7-21-8-6-19/h3-4,9,11,18H,5-8H2,1-2H3/b14-11-. The maximum absolute atomic E-state index is 12.2. The number of nitrogens with one attached hydrogen (secondary N) is 1. The van der Waals surface area contributed by atoms with Crippen LogP contribution in [0.1, 0.15) is 11.1 Å². The lowest BCUT2D eigenvalue weighted by molar-refractivity contribution is -0.130. The summed E-state index contributed by atoms with van der Waals surface area (Å²) in [5.74, 6) is -0.251. The number of benzene rings is 1. The fourth-order valence-corrected chi connectivity index (χ4v) is 2.12. The van der Waals surface area contributed by atoms with E-state index in [1.54, 1.807) is 4.90 Å². The molecule has 1 fully saturated rings. The van der Waals surface area contributed by atoms with Crippen LogP contribution < -0.4 is 5.32 Å². The van der Waals surface area contributed by atoms with Crippen LogP contribution in [0.5, 0.6) is 0 Å². The van der Waals surface area contributed by atoms with Gasteiger partial charge < -0.3 is 15.0 Å². The van der Waals surface area contributed by atoms with Gasteiger partial charge >= 0.3 is 0 Å². The zero-order chi connectivity index (χ0) is 15.2. The topological polar surface area (TPSA) is 65.4 Å². The molecule has 1 N–H and O–H groups in total. The van der Waals surface area contributed by atoms with Gasteiger partial charge in [-0.05, 0) is 31.0 Å². The number of ether oxygens (including phenoxy) is 1. The molecule has 0 aromatic heterocycles. The SMILES string of the molecule is Cc1ccc(C)c(N/C=C(/C#N)C(=O)N2CCOCC2)c1. The van der Waals surface area contributed by atoms with Gasteiger partial charge in [-0.3, -0.25) is 4.79 Å². The van der Waals surface area contributed by atoms with E-state index in [0.717, 1.165) is 16.8 Å². The second-order valence-corrected chi connectivity index (χ2v) is 5.04. The molecule has 2 rings (SSSR count). The molecule has 1 aliphatic rings. The van der Waals surface area contributed by atoms with Gasteiger partial charge in [-0.25, -0.2) is 0 Å². The lowest BCUT2D eigenvalue weighted by atomic mass is 10.1. The lowest BCUT2D eigenvalue weighted by Gasteiger charge is -2.26. The van der Waals surface area contributed by atoms with E-state index in [9.17, 15) is 10.1 Å². The van der Waals surface area contributed by atoms with E-state index in [4.69, 9.17) is 4.74 Å². The summed E-state index contributed by atoms with van der Waals surface area (Å²) in [7, 11) is 0. The Bertz CT molecular complexity index is 596. The third-order valence-electron chi connectivity index (χ3n) is 3.41. The van der Waals surface area contributed by atoms with Crippen LogP contribution in [0.4, 0.5) is 5.69 Å².